The Kier molecular flexibility index (Phi) is 8.93. The second-order valence-corrected chi connectivity index (χ2v) is 9.17. The summed E-state index contributed by atoms with van der Waals surface area (Å²) in [6.07, 6.45) is 6.87. The van der Waals surface area contributed by atoms with Crippen LogP contribution in [0.3, 0.4) is 0 Å². The SMILES string of the molecule is COC1=CC=CC(OC)C1C(O)O[C@@H](C)CNc1nccc(-c2cn(CC#N)nc2-c2cc(C)cc(O)c2)n1. The third kappa shape index (κ3) is 6.61. The highest BCUT2D eigenvalue weighted by molar-refractivity contribution is 5.79. The molecular weight excluding hydrogens is 500 g/mol. The van der Waals surface area contributed by atoms with Gasteiger partial charge in [-0.25, -0.2) is 9.97 Å². The van der Waals surface area contributed by atoms with Crippen LogP contribution in [0.4, 0.5) is 5.95 Å². The lowest BCUT2D eigenvalue weighted by atomic mass is 9.94. The predicted octanol–water partition coefficient (Wildman–Crippen LogP) is 3.41. The molecule has 0 saturated carbocycles. The van der Waals surface area contributed by atoms with E-state index in [9.17, 15) is 15.5 Å². The first kappa shape index (κ1) is 27.8. The Labute approximate surface area is 227 Å². The number of aliphatic hydroxyl groups excluding tert-OH is 1. The number of hydrogen-bond acceptors (Lipinski definition) is 10. The lowest BCUT2D eigenvalue weighted by Gasteiger charge is -2.32. The third-order valence-electron chi connectivity index (χ3n) is 6.24. The number of hydrogen-bond donors (Lipinski definition) is 3. The summed E-state index contributed by atoms with van der Waals surface area (Å²) in [5.41, 5.74) is 3.45. The van der Waals surface area contributed by atoms with Gasteiger partial charge < -0.3 is 29.7 Å². The van der Waals surface area contributed by atoms with Gasteiger partial charge in [0.15, 0.2) is 6.29 Å². The van der Waals surface area contributed by atoms with Gasteiger partial charge in [0, 0.05) is 37.2 Å². The van der Waals surface area contributed by atoms with Crippen LogP contribution in [0, 0.1) is 24.2 Å². The van der Waals surface area contributed by atoms with E-state index in [1.165, 1.54) is 4.68 Å². The van der Waals surface area contributed by atoms with E-state index in [-0.39, 0.29) is 18.4 Å². The van der Waals surface area contributed by atoms with Crippen molar-refractivity contribution < 1.29 is 24.4 Å². The lowest BCUT2D eigenvalue weighted by molar-refractivity contribution is -0.174. The van der Waals surface area contributed by atoms with Crippen molar-refractivity contribution >= 4 is 5.95 Å². The molecule has 0 radical (unpaired) electrons. The van der Waals surface area contributed by atoms with E-state index in [0.717, 1.165) is 5.56 Å². The molecule has 1 aromatic carbocycles. The van der Waals surface area contributed by atoms with Crippen molar-refractivity contribution in [1.82, 2.24) is 19.7 Å². The second kappa shape index (κ2) is 12.5. The highest BCUT2D eigenvalue weighted by Gasteiger charge is 2.34. The van der Waals surface area contributed by atoms with Gasteiger partial charge in [-0.05, 0) is 49.8 Å². The summed E-state index contributed by atoms with van der Waals surface area (Å²) < 4.78 is 18.3. The van der Waals surface area contributed by atoms with Gasteiger partial charge in [-0.1, -0.05) is 12.2 Å². The molecule has 0 fully saturated rings. The van der Waals surface area contributed by atoms with Crippen molar-refractivity contribution in [2.24, 2.45) is 5.92 Å². The largest absolute Gasteiger partial charge is 0.508 e. The second-order valence-electron chi connectivity index (χ2n) is 9.17. The highest BCUT2D eigenvalue weighted by atomic mass is 16.6. The maximum Gasteiger partial charge on any atom is 0.223 e. The van der Waals surface area contributed by atoms with Crippen molar-refractivity contribution in [3.63, 3.8) is 0 Å². The number of aliphatic hydroxyl groups is 1. The summed E-state index contributed by atoms with van der Waals surface area (Å²) in [4.78, 5) is 8.95. The Morgan fingerprint density at radius 1 is 1.26 bits per heavy atom. The Hall–Kier alpha value is -4.24. The minimum Gasteiger partial charge on any atom is -0.508 e. The zero-order chi connectivity index (χ0) is 27.9. The van der Waals surface area contributed by atoms with Crippen molar-refractivity contribution in [1.29, 1.82) is 5.26 Å². The van der Waals surface area contributed by atoms with Crippen LogP contribution in [0.5, 0.6) is 5.75 Å². The van der Waals surface area contributed by atoms with E-state index in [1.807, 2.05) is 32.1 Å². The number of phenolic OH excluding ortho intramolecular Hbond substituents is 1. The van der Waals surface area contributed by atoms with Crippen LogP contribution in [0.25, 0.3) is 22.5 Å². The number of benzene rings is 1. The molecule has 3 unspecified atom stereocenters. The van der Waals surface area contributed by atoms with E-state index in [4.69, 9.17) is 14.2 Å². The van der Waals surface area contributed by atoms with Gasteiger partial charge in [-0.3, -0.25) is 4.68 Å². The number of aromatic nitrogens is 4. The van der Waals surface area contributed by atoms with Gasteiger partial charge in [-0.15, -0.1) is 0 Å². The summed E-state index contributed by atoms with van der Waals surface area (Å²) in [6, 6.07) is 9.04. The number of ether oxygens (including phenoxy) is 3. The van der Waals surface area contributed by atoms with Gasteiger partial charge in [0.25, 0.3) is 0 Å². The molecule has 2 heterocycles. The van der Waals surface area contributed by atoms with Gasteiger partial charge in [-0.2, -0.15) is 10.4 Å². The Morgan fingerprint density at radius 3 is 2.79 bits per heavy atom. The van der Waals surface area contributed by atoms with E-state index < -0.39 is 18.3 Å². The van der Waals surface area contributed by atoms with Crippen LogP contribution < -0.4 is 5.32 Å². The normalized spacial score (nSPS) is 18.2. The zero-order valence-corrected chi connectivity index (χ0v) is 22.3. The van der Waals surface area contributed by atoms with Gasteiger partial charge >= 0.3 is 0 Å². The molecule has 2 aromatic heterocycles. The molecule has 1 aliphatic rings. The predicted molar refractivity (Wildman–Crippen MR) is 144 cm³/mol. The van der Waals surface area contributed by atoms with E-state index in [1.54, 1.807) is 50.9 Å². The maximum absolute atomic E-state index is 10.8. The van der Waals surface area contributed by atoms with Gasteiger partial charge in [0.2, 0.25) is 5.95 Å². The topological polar surface area (TPSA) is 148 Å². The van der Waals surface area contributed by atoms with Crippen LogP contribution in [-0.2, 0) is 20.8 Å². The van der Waals surface area contributed by atoms with E-state index in [0.29, 0.717) is 40.8 Å². The van der Waals surface area contributed by atoms with Gasteiger partial charge in [0.05, 0.1) is 37.0 Å². The smallest absolute Gasteiger partial charge is 0.223 e. The average Bonchev–Trinajstić information content (AvgIpc) is 3.35. The monoisotopic (exact) mass is 532 g/mol. The van der Waals surface area contributed by atoms with E-state index >= 15 is 0 Å². The van der Waals surface area contributed by atoms with Crippen molar-refractivity contribution in [3.05, 3.63) is 66.2 Å². The number of nitrogens with one attached hydrogen (secondary N) is 1. The van der Waals surface area contributed by atoms with Crippen molar-refractivity contribution in [3.8, 4) is 34.3 Å². The fraction of sp³-hybridized carbons (Fsp3) is 0.357. The van der Waals surface area contributed by atoms with Crippen molar-refractivity contribution in [2.45, 2.75) is 38.9 Å². The molecule has 0 saturated heterocycles. The summed E-state index contributed by atoms with van der Waals surface area (Å²) in [5, 5.41) is 37.8. The first-order chi connectivity index (χ1) is 18.8. The van der Waals surface area contributed by atoms with E-state index in [2.05, 4.69) is 26.5 Å². The molecule has 0 spiro atoms. The number of phenols is 1. The van der Waals surface area contributed by atoms with Crippen molar-refractivity contribution in [2.75, 3.05) is 26.1 Å². The summed E-state index contributed by atoms with van der Waals surface area (Å²) in [5.74, 6) is 0.553. The van der Waals surface area contributed by atoms with Crippen LogP contribution >= 0.6 is 0 Å². The fourth-order valence-electron chi connectivity index (χ4n) is 4.46. The summed E-state index contributed by atoms with van der Waals surface area (Å²) >= 11 is 0. The maximum atomic E-state index is 10.8. The van der Waals surface area contributed by atoms with Crippen LogP contribution in [-0.4, -0.2) is 69.2 Å². The Bertz CT molecular complexity index is 1380. The molecule has 1 aliphatic carbocycles. The van der Waals surface area contributed by atoms with Crippen LogP contribution in [0.2, 0.25) is 0 Å². The minimum atomic E-state index is -1.16. The molecule has 0 aliphatic heterocycles. The number of aryl methyl sites for hydroxylation is 1. The number of allylic oxidation sites excluding steroid dienone is 2. The molecule has 0 amide bonds. The van der Waals surface area contributed by atoms with Crippen LogP contribution in [0.1, 0.15) is 12.5 Å². The molecule has 39 heavy (non-hydrogen) atoms. The molecule has 204 valence electrons. The summed E-state index contributed by atoms with van der Waals surface area (Å²) in [7, 11) is 3.11. The standard InChI is InChI=1S/C28H32N6O5/c1-17-12-19(14-20(35)13-17)26-21(16-34(33-26)11-9-29)22-8-10-30-28(32-22)31-15-18(2)39-27(36)25-23(37-3)6-5-7-24(25)38-4/h5-8,10,12-14,16,18,23,25,27,35-36H,11,15H2,1-4H3,(H,30,31,32)/t18-,23?,25?,27?/m0/s1. The number of aromatic hydroxyl groups is 1. The number of methoxy groups -OCH3 is 2. The molecule has 4 rings (SSSR count). The molecule has 4 atom stereocenters. The highest BCUT2D eigenvalue weighted by Crippen LogP contribution is 2.33. The molecule has 3 N–H and O–H groups in total. The Balaban J connectivity index is 1.49. The molecule has 11 nitrogen and oxygen atoms in total. The number of rotatable bonds is 11. The molecule has 11 heteroatoms. The molecular formula is C28H32N6O5. The number of anilines is 1. The number of nitriles is 1. The third-order valence-corrected chi connectivity index (χ3v) is 6.24. The first-order valence-corrected chi connectivity index (χ1v) is 12.4. The first-order valence-electron chi connectivity index (χ1n) is 12.4. The van der Waals surface area contributed by atoms with Gasteiger partial charge in [0.1, 0.15) is 23.7 Å². The minimum absolute atomic E-state index is 0.0683. The number of nitrogens with zero attached hydrogens (tertiary/aromatic N) is 5. The fourth-order valence-corrected chi connectivity index (χ4v) is 4.46. The molecule has 0 bridgehead atoms. The lowest BCUT2D eigenvalue weighted by Crippen LogP contribution is -2.39. The zero-order valence-electron chi connectivity index (χ0n) is 22.3. The summed E-state index contributed by atoms with van der Waals surface area (Å²) in [6.45, 7) is 4.09. The van der Waals surface area contributed by atoms with Crippen LogP contribution in [0.15, 0.2) is 60.6 Å². The molecule has 3 aromatic rings. The Morgan fingerprint density at radius 2 is 2.08 bits per heavy atom. The quantitative estimate of drug-likeness (QED) is 0.314. The average molecular weight is 533 g/mol.